The van der Waals surface area contributed by atoms with Gasteiger partial charge >= 0.3 is 0 Å². The number of nitrogens with zero attached hydrogens (tertiary/aromatic N) is 2. The van der Waals surface area contributed by atoms with E-state index in [1.54, 1.807) is 11.3 Å². The molecule has 2 aliphatic rings. The highest BCUT2D eigenvalue weighted by atomic mass is 15.3. The monoisotopic (exact) mass is 370 g/mol. The minimum atomic E-state index is 0.437. The zero-order valence-electron chi connectivity index (χ0n) is 18.8. The Morgan fingerprint density at radius 3 is 2.19 bits per heavy atom. The van der Waals surface area contributed by atoms with Gasteiger partial charge < -0.3 is 4.90 Å². The van der Waals surface area contributed by atoms with Gasteiger partial charge in [-0.1, -0.05) is 59.2 Å². The second-order valence-electron chi connectivity index (χ2n) is 10.8. The van der Waals surface area contributed by atoms with Crippen LogP contribution in [0.1, 0.15) is 83.8 Å². The van der Waals surface area contributed by atoms with Crippen LogP contribution in [0.25, 0.3) is 0 Å². The lowest BCUT2D eigenvalue weighted by molar-refractivity contribution is 0.0969. The molecule has 0 atom stereocenters. The van der Waals surface area contributed by atoms with E-state index in [9.17, 15) is 0 Å². The maximum atomic E-state index is 2.70. The van der Waals surface area contributed by atoms with E-state index in [1.807, 2.05) is 0 Å². The maximum Gasteiger partial charge on any atom is 0.0432 e. The lowest BCUT2D eigenvalue weighted by Crippen LogP contribution is -2.47. The number of hydrogen-bond donors (Lipinski definition) is 0. The predicted octanol–water partition coefficient (Wildman–Crippen LogP) is 6.24. The summed E-state index contributed by atoms with van der Waals surface area (Å²) in [7, 11) is 0. The molecule has 1 aliphatic carbocycles. The molecule has 0 bridgehead atoms. The average Bonchev–Trinajstić information content (AvgIpc) is 2.57. The summed E-state index contributed by atoms with van der Waals surface area (Å²) >= 11 is 0. The first-order valence-electron chi connectivity index (χ1n) is 11.3. The van der Waals surface area contributed by atoms with Crippen molar-refractivity contribution in [3.8, 4) is 0 Å². The lowest BCUT2D eigenvalue weighted by Gasteiger charge is -2.46. The van der Waals surface area contributed by atoms with Crippen LogP contribution >= 0.6 is 0 Å². The van der Waals surface area contributed by atoms with Crippen molar-refractivity contribution in [2.24, 2.45) is 10.8 Å². The van der Waals surface area contributed by atoms with Crippen molar-refractivity contribution in [1.82, 2.24) is 4.90 Å². The number of hydrogen-bond acceptors (Lipinski definition) is 2. The molecule has 0 amide bonds. The summed E-state index contributed by atoms with van der Waals surface area (Å²) in [5, 5.41) is 0. The summed E-state index contributed by atoms with van der Waals surface area (Å²) in [6.45, 7) is 20.6. The highest BCUT2D eigenvalue weighted by molar-refractivity contribution is 5.61. The number of piperazine rings is 1. The Balaban J connectivity index is 1.81. The second kappa shape index (κ2) is 8.15. The third-order valence-corrected chi connectivity index (χ3v) is 6.78. The Labute approximate surface area is 168 Å². The van der Waals surface area contributed by atoms with Crippen LogP contribution in [0, 0.1) is 17.8 Å². The van der Waals surface area contributed by atoms with Gasteiger partial charge in [-0.15, -0.1) is 0 Å². The summed E-state index contributed by atoms with van der Waals surface area (Å²) in [5.74, 6) is 0.691. The van der Waals surface area contributed by atoms with Crippen molar-refractivity contribution in [1.29, 1.82) is 0 Å². The van der Waals surface area contributed by atoms with Gasteiger partial charge in [0.2, 0.25) is 0 Å². The molecule has 1 aromatic rings. The van der Waals surface area contributed by atoms with Gasteiger partial charge in [0.15, 0.2) is 0 Å². The van der Waals surface area contributed by atoms with Gasteiger partial charge in [0.1, 0.15) is 0 Å². The quantitative estimate of drug-likeness (QED) is 0.605. The predicted molar refractivity (Wildman–Crippen MR) is 119 cm³/mol. The molecule has 0 N–H and O–H groups in total. The number of aryl methyl sites for hydroxylation is 1. The SMILES string of the molecule is CCCCN1CCN(c2c(C)cccc2C2CC(C)(C)CC(C)(C)C2)CC1. The first kappa shape index (κ1) is 20.7. The molecular formula is C25H42N2. The van der Waals surface area contributed by atoms with Crippen LogP contribution in [0.3, 0.4) is 0 Å². The van der Waals surface area contributed by atoms with E-state index in [1.165, 1.54) is 70.4 Å². The van der Waals surface area contributed by atoms with Crippen molar-refractivity contribution in [3.63, 3.8) is 0 Å². The van der Waals surface area contributed by atoms with Crippen LogP contribution < -0.4 is 4.90 Å². The number of para-hydroxylation sites is 1. The number of anilines is 1. The molecule has 0 aromatic heterocycles. The molecular weight excluding hydrogens is 328 g/mol. The smallest absolute Gasteiger partial charge is 0.0432 e. The number of rotatable bonds is 5. The Kier molecular flexibility index (Phi) is 6.25. The third-order valence-electron chi connectivity index (χ3n) is 6.78. The Morgan fingerprint density at radius 2 is 1.59 bits per heavy atom. The van der Waals surface area contributed by atoms with Crippen molar-refractivity contribution < 1.29 is 0 Å². The molecule has 1 heterocycles. The van der Waals surface area contributed by atoms with E-state index in [0.29, 0.717) is 16.7 Å². The van der Waals surface area contributed by atoms with Crippen LogP contribution in [0.15, 0.2) is 18.2 Å². The molecule has 2 fully saturated rings. The fourth-order valence-electron chi connectivity index (χ4n) is 6.09. The van der Waals surface area contributed by atoms with Crippen molar-refractivity contribution >= 4 is 5.69 Å². The molecule has 3 rings (SSSR count). The van der Waals surface area contributed by atoms with Crippen molar-refractivity contribution in [3.05, 3.63) is 29.3 Å². The van der Waals surface area contributed by atoms with Gasteiger partial charge in [-0.25, -0.2) is 0 Å². The van der Waals surface area contributed by atoms with Crippen molar-refractivity contribution in [2.75, 3.05) is 37.6 Å². The van der Waals surface area contributed by atoms with Gasteiger partial charge in [0.05, 0.1) is 0 Å². The molecule has 2 nitrogen and oxygen atoms in total. The highest BCUT2D eigenvalue weighted by Crippen LogP contribution is 2.53. The van der Waals surface area contributed by atoms with Gasteiger partial charge in [-0.2, -0.15) is 0 Å². The lowest BCUT2D eigenvalue weighted by atomic mass is 9.60. The van der Waals surface area contributed by atoms with Gasteiger partial charge in [-0.3, -0.25) is 4.90 Å². The summed E-state index contributed by atoms with van der Waals surface area (Å²) in [6, 6.07) is 7.05. The molecule has 1 saturated carbocycles. The van der Waals surface area contributed by atoms with Crippen LogP contribution in [0.5, 0.6) is 0 Å². The van der Waals surface area contributed by atoms with E-state index in [4.69, 9.17) is 0 Å². The zero-order chi connectivity index (χ0) is 19.7. The van der Waals surface area contributed by atoms with Gasteiger partial charge in [0.25, 0.3) is 0 Å². The Morgan fingerprint density at radius 1 is 0.963 bits per heavy atom. The molecule has 1 aromatic carbocycles. The Hall–Kier alpha value is -1.02. The van der Waals surface area contributed by atoms with Gasteiger partial charge in [0, 0.05) is 31.9 Å². The van der Waals surface area contributed by atoms with Crippen LogP contribution in [0.2, 0.25) is 0 Å². The molecule has 1 saturated heterocycles. The fraction of sp³-hybridized carbons (Fsp3) is 0.760. The molecule has 0 spiro atoms. The van der Waals surface area contributed by atoms with Crippen molar-refractivity contribution in [2.45, 2.75) is 79.6 Å². The molecule has 152 valence electrons. The largest absolute Gasteiger partial charge is 0.369 e. The standard InChI is InChI=1S/C25H42N2/c1-7-8-12-26-13-15-27(16-14-26)23-20(2)10-9-11-22(23)21-17-24(3,4)19-25(5,6)18-21/h9-11,21H,7-8,12-19H2,1-6H3. The summed E-state index contributed by atoms with van der Waals surface area (Å²) in [6.07, 6.45) is 6.62. The minimum absolute atomic E-state index is 0.437. The minimum Gasteiger partial charge on any atom is -0.369 e. The fourth-order valence-corrected chi connectivity index (χ4v) is 6.09. The van der Waals surface area contributed by atoms with Gasteiger partial charge in [-0.05, 0) is 67.0 Å². The average molecular weight is 371 g/mol. The highest BCUT2D eigenvalue weighted by Gasteiger charge is 2.40. The first-order valence-corrected chi connectivity index (χ1v) is 11.3. The van der Waals surface area contributed by atoms with Crippen LogP contribution in [-0.4, -0.2) is 37.6 Å². The number of unbranched alkanes of at least 4 members (excludes halogenated alkanes) is 1. The van der Waals surface area contributed by atoms with E-state index >= 15 is 0 Å². The van der Waals surface area contributed by atoms with Crippen LogP contribution in [-0.2, 0) is 0 Å². The molecule has 27 heavy (non-hydrogen) atoms. The topological polar surface area (TPSA) is 6.48 Å². The number of benzene rings is 1. The van der Waals surface area contributed by atoms with E-state index in [2.05, 4.69) is 69.5 Å². The summed E-state index contributed by atoms with van der Waals surface area (Å²) in [4.78, 5) is 5.35. The molecule has 2 heteroatoms. The first-order chi connectivity index (χ1) is 12.7. The van der Waals surface area contributed by atoms with Crippen LogP contribution in [0.4, 0.5) is 5.69 Å². The maximum absolute atomic E-state index is 2.70. The summed E-state index contributed by atoms with van der Waals surface area (Å²) in [5.41, 5.74) is 5.53. The summed E-state index contributed by atoms with van der Waals surface area (Å²) < 4.78 is 0. The second-order valence-corrected chi connectivity index (χ2v) is 10.8. The van der Waals surface area contributed by atoms with E-state index < -0.39 is 0 Å². The normalized spacial score (nSPS) is 23.6. The molecule has 0 unspecified atom stereocenters. The molecule has 0 radical (unpaired) electrons. The zero-order valence-corrected chi connectivity index (χ0v) is 18.8. The third kappa shape index (κ3) is 5.08. The Bertz CT molecular complexity index is 607. The molecule has 1 aliphatic heterocycles. The van der Waals surface area contributed by atoms with E-state index in [-0.39, 0.29) is 0 Å². The van der Waals surface area contributed by atoms with E-state index in [0.717, 1.165) is 0 Å².